The van der Waals surface area contributed by atoms with E-state index in [2.05, 4.69) is 40.5 Å². The van der Waals surface area contributed by atoms with Crippen LogP contribution in [0.5, 0.6) is 0 Å². The van der Waals surface area contributed by atoms with E-state index in [0.717, 1.165) is 36.4 Å². The number of hydrogen-bond acceptors (Lipinski definition) is 5. The first kappa shape index (κ1) is 32.2. The number of nitrogens with one attached hydrogen (secondary N) is 1. The van der Waals surface area contributed by atoms with Crippen molar-refractivity contribution in [2.24, 2.45) is 5.92 Å². The molecule has 1 saturated carbocycles. The Bertz CT molecular complexity index is 1220. The Kier molecular flexibility index (Phi) is 12.3. The lowest BCUT2D eigenvalue weighted by molar-refractivity contribution is -0.126. The second kappa shape index (κ2) is 15.7. The van der Waals surface area contributed by atoms with Crippen molar-refractivity contribution in [1.29, 1.82) is 0 Å². The van der Waals surface area contributed by atoms with Crippen LogP contribution in [-0.4, -0.2) is 75.5 Å². The summed E-state index contributed by atoms with van der Waals surface area (Å²) in [4.78, 5) is 15.3. The van der Waals surface area contributed by atoms with Crippen molar-refractivity contribution in [2.45, 2.75) is 74.8 Å². The Morgan fingerprint density at radius 2 is 1.76 bits per heavy atom. The van der Waals surface area contributed by atoms with E-state index in [9.17, 15) is 13.2 Å². The van der Waals surface area contributed by atoms with Gasteiger partial charge < -0.3 is 15.0 Å². The van der Waals surface area contributed by atoms with Gasteiger partial charge >= 0.3 is 0 Å². The Hall–Kier alpha value is -1.68. The molecule has 2 aliphatic rings. The highest BCUT2D eigenvalue weighted by Gasteiger charge is 2.32. The van der Waals surface area contributed by atoms with Crippen LogP contribution >= 0.6 is 23.2 Å². The number of rotatable bonds is 13. The Balaban J connectivity index is 1.18. The van der Waals surface area contributed by atoms with Crippen molar-refractivity contribution in [3.05, 3.63) is 64.1 Å². The first-order valence-corrected chi connectivity index (χ1v) is 17.0. The third kappa shape index (κ3) is 9.40. The Morgan fingerprint density at radius 1 is 1.05 bits per heavy atom. The van der Waals surface area contributed by atoms with Crippen molar-refractivity contribution >= 4 is 39.1 Å². The normalized spacial score (nSPS) is 21.1. The maximum Gasteiger partial charge on any atom is 0.246 e. The van der Waals surface area contributed by atoms with E-state index in [1.165, 1.54) is 69.6 Å². The number of likely N-dealkylation sites (tertiary alicyclic amines) is 1. The van der Waals surface area contributed by atoms with Crippen molar-refractivity contribution in [3.8, 4) is 0 Å². The molecule has 1 aliphatic carbocycles. The molecule has 1 amide bonds. The van der Waals surface area contributed by atoms with Gasteiger partial charge in [-0.25, -0.2) is 8.42 Å². The molecule has 2 aromatic rings. The summed E-state index contributed by atoms with van der Waals surface area (Å²) in [7, 11) is -2.33. The molecule has 0 aromatic heterocycles. The number of halogens is 2. The fraction of sp³-hybridized carbons (Fsp3) is 0.581. The molecule has 1 aliphatic heterocycles. The molecule has 1 N–H and O–H groups in total. The lowest BCUT2D eigenvalue weighted by Crippen LogP contribution is -2.47. The number of likely N-dealkylation sites (N-methyl/N-ethyl adjacent to an activating group) is 1. The van der Waals surface area contributed by atoms with Crippen LogP contribution in [0.3, 0.4) is 0 Å². The van der Waals surface area contributed by atoms with Crippen LogP contribution in [0, 0.1) is 5.92 Å². The maximum absolute atomic E-state index is 12.8. The highest BCUT2D eigenvalue weighted by molar-refractivity contribution is 7.89. The zero-order valence-corrected chi connectivity index (χ0v) is 26.3. The first-order chi connectivity index (χ1) is 19.7. The van der Waals surface area contributed by atoms with Crippen LogP contribution in [0.15, 0.2) is 53.4 Å². The minimum absolute atomic E-state index is 0.0120. The summed E-state index contributed by atoms with van der Waals surface area (Å²) in [6, 6.07) is 15.8. The number of amides is 1. The predicted octanol–water partition coefficient (Wildman–Crippen LogP) is 5.79. The second-order valence-corrected chi connectivity index (χ2v) is 14.2. The molecule has 1 heterocycles. The number of nitrogens with zero attached hydrogens (tertiary/aromatic N) is 2. The van der Waals surface area contributed by atoms with E-state index in [4.69, 9.17) is 27.9 Å². The standard InChI is InChI=1S/C31H43Cl2N3O4S/c1-35(41(38,39)30-17-13-26(32)22-28(30)33)20-21-40-23-31(37)34-27-14-11-25(12-15-27)29(36-18-6-3-7-19-36)16-10-24-8-4-2-5-9-24/h2,4-5,8-9,13,17,22,25,27,29H,3,6-7,10-12,14-16,18-21,23H2,1H3,(H,34,37). The van der Waals surface area contributed by atoms with Gasteiger partial charge in [0, 0.05) is 30.7 Å². The number of sulfonamides is 1. The van der Waals surface area contributed by atoms with Crippen LogP contribution < -0.4 is 5.32 Å². The molecule has 226 valence electrons. The topological polar surface area (TPSA) is 79.0 Å². The Labute approximate surface area is 255 Å². The molecule has 7 nitrogen and oxygen atoms in total. The summed E-state index contributed by atoms with van der Waals surface area (Å²) < 4.78 is 32.3. The smallest absolute Gasteiger partial charge is 0.246 e. The van der Waals surface area contributed by atoms with E-state index in [1.54, 1.807) is 0 Å². The lowest BCUT2D eigenvalue weighted by atomic mass is 9.78. The number of carbonyl (C=O) groups excluding carboxylic acids is 1. The number of carbonyl (C=O) groups is 1. The zero-order chi connectivity index (χ0) is 29.2. The van der Waals surface area contributed by atoms with Crippen molar-refractivity contribution in [1.82, 2.24) is 14.5 Å². The molecule has 0 bridgehead atoms. The van der Waals surface area contributed by atoms with Crippen molar-refractivity contribution in [3.63, 3.8) is 0 Å². The number of hydrogen-bond donors (Lipinski definition) is 1. The molecule has 1 unspecified atom stereocenters. The van der Waals surface area contributed by atoms with E-state index in [0.29, 0.717) is 17.0 Å². The van der Waals surface area contributed by atoms with Gasteiger partial charge in [0.05, 0.1) is 11.6 Å². The van der Waals surface area contributed by atoms with Crippen LogP contribution in [0.25, 0.3) is 0 Å². The van der Waals surface area contributed by atoms with Crippen LogP contribution in [0.2, 0.25) is 10.0 Å². The molecule has 0 spiro atoms. The van der Waals surface area contributed by atoms with Crippen molar-refractivity contribution in [2.75, 3.05) is 39.9 Å². The first-order valence-electron chi connectivity index (χ1n) is 14.8. The molecule has 2 aromatic carbocycles. The SMILES string of the molecule is CN(CCOCC(=O)NC1CCC(C(CCc2ccccc2)N2CCCCC2)CC1)S(=O)(=O)c1ccc(Cl)cc1Cl. The van der Waals surface area contributed by atoms with Gasteiger partial charge in [-0.05, 0) is 94.1 Å². The summed E-state index contributed by atoms with van der Waals surface area (Å²) in [6.07, 6.45) is 10.4. The number of piperidine rings is 1. The fourth-order valence-electron chi connectivity index (χ4n) is 6.17. The van der Waals surface area contributed by atoms with E-state index in [-0.39, 0.29) is 41.6 Å². The molecule has 4 rings (SSSR count). The van der Waals surface area contributed by atoms with Gasteiger partial charge in [0.1, 0.15) is 11.5 Å². The molecule has 2 fully saturated rings. The average molecular weight is 625 g/mol. The van der Waals surface area contributed by atoms with E-state index in [1.807, 2.05) is 0 Å². The van der Waals surface area contributed by atoms with Crippen LogP contribution in [0.1, 0.15) is 56.9 Å². The van der Waals surface area contributed by atoms with Gasteiger partial charge in [-0.15, -0.1) is 0 Å². The number of ether oxygens (including phenoxy) is 1. The van der Waals surface area contributed by atoms with Gasteiger partial charge in [0.15, 0.2) is 0 Å². The minimum Gasteiger partial charge on any atom is -0.370 e. The summed E-state index contributed by atoms with van der Waals surface area (Å²) >= 11 is 12.0. The average Bonchev–Trinajstić information content (AvgIpc) is 2.97. The Morgan fingerprint density at radius 3 is 2.44 bits per heavy atom. The van der Waals surface area contributed by atoms with Crippen LogP contribution in [0.4, 0.5) is 0 Å². The third-order valence-electron chi connectivity index (χ3n) is 8.48. The van der Waals surface area contributed by atoms with Crippen molar-refractivity contribution < 1.29 is 17.9 Å². The fourth-order valence-corrected chi connectivity index (χ4v) is 8.07. The van der Waals surface area contributed by atoms with Gasteiger partial charge in [-0.1, -0.05) is 60.0 Å². The molecular weight excluding hydrogens is 581 g/mol. The van der Waals surface area contributed by atoms with Gasteiger partial charge in [-0.3, -0.25) is 4.79 Å². The van der Waals surface area contributed by atoms with Gasteiger partial charge in [0.2, 0.25) is 15.9 Å². The molecule has 10 heteroatoms. The van der Waals surface area contributed by atoms with Gasteiger partial charge in [0.25, 0.3) is 0 Å². The predicted molar refractivity (Wildman–Crippen MR) is 165 cm³/mol. The van der Waals surface area contributed by atoms with E-state index >= 15 is 0 Å². The largest absolute Gasteiger partial charge is 0.370 e. The van der Waals surface area contributed by atoms with Gasteiger partial charge in [-0.2, -0.15) is 4.31 Å². The summed E-state index contributed by atoms with van der Waals surface area (Å²) in [6.45, 7) is 2.51. The number of aryl methyl sites for hydroxylation is 1. The number of benzene rings is 2. The minimum atomic E-state index is -3.79. The molecule has 1 saturated heterocycles. The molecule has 0 radical (unpaired) electrons. The van der Waals surface area contributed by atoms with E-state index < -0.39 is 10.0 Å². The molecular formula is C31H43Cl2N3O4S. The third-order valence-corrected chi connectivity index (χ3v) is 11.1. The summed E-state index contributed by atoms with van der Waals surface area (Å²) in [5.41, 5.74) is 1.41. The second-order valence-electron chi connectivity index (χ2n) is 11.3. The van der Waals surface area contributed by atoms with Crippen LogP contribution in [-0.2, 0) is 26.0 Å². The summed E-state index contributed by atoms with van der Waals surface area (Å²) in [5.74, 6) is 0.504. The molecule has 1 atom stereocenters. The maximum atomic E-state index is 12.8. The monoisotopic (exact) mass is 623 g/mol. The zero-order valence-electron chi connectivity index (χ0n) is 23.9. The quantitative estimate of drug-likeness (QED) is 0.286. The summed E-state index contributed by atoms with van der Waals surface area (Å²) in [5, 5.41) is 3.57. The molecule has 41 heavy (non-hydrogen) atoms. The highest BCUT2D eigenvalue weighted by atomic mass is 35.5. The lowest BCUT2D eigenvalue weighted by Gasteiger charge is -2.42. The highest BCUT2D eigenvalue weighted by Crippen LogP contribution is 2.33.